The highest BCUT2D eigenvalue weighted by Gasteiger charge is 2.35. The molecule has 114 valence electrons. The lowest BCUT2D eigenvalue weighted by Gasteiger charge is -2.36. The van der Waals surface area contributed by atoms with Gasteiger partial charge in [0.15, 0.2) is 0 Å². The molecule has 0 aromatic heterocycles. The van der Waals surface area contributed by atoms with E-state index in [2.05, 4.69) is 4.90 Å². The SMILES string of the molecule is O=C1OCCC1N1CCC(C(O)c2ccc(F)cc2)CC1. The summed E-state index contributed by atoms with van der Waals surface area (Å²) in [5.74, 6) is -0.253. The predicted molar refractivity (Wildman–Crippen MR) is 75.0 cm³/mol. The van der Waals surface area contributed by atoms with Gasteiger partial charge in [0.2, 0.25) is 0 Å². The zero-order valence-electron chi connectivity index (χ0n) is 11.9. The van der Waals surface area contributed by atoms with E-state index in [1.165, 1.54) is 12.1 Å². The normalized spacial score (nSPS) is 25.8. The lowest BCUT2D eigenvalue weighted by atomic mass is 9.87. The fraction of sp³-hybridized carbons (Fsp3) is 0.562. The molecule has 0 bridgehead atoms. The van der Waals surface area contributed by atoms with E-state index in [1.807, 2.05) is 0 Å². The quantitative estimate of drug-likeness (QED) is 0.865. The molecular formula is C16H20FNO3. The van der Waals surface area contributed by atoms with E-state index >= 15 is 0 Å². The number of nitrogens with zero attached hydrogens (tertiary/aromatic N) is 1. The van der Waals surface area contributed by atoms with Crippen molar-refractivity contribution in [1.82, 2.24) is 4.90 Å². The number of piperidine rings is 1. The van der Waals surface area contributed by atoms with Gasteiger partial charge in [0.1, 0.15) is 11.9 Å². The van der Waals surface area contributed by atoms with Crippen molar-refractivity contribution in [2.45, 2.75) is 31.4 Å². The largest absolute Gasteiger partial charge is 0.464 e. The first-order valence-corrected chi connectivity index (χ1v) is 7.49. The van der Waals surface area contributed by atoms with Gasteiger partial charge in [-0.25, -0.2) is 4.39 Å². The molecule has 0 spiro atoms. The van der Waals surface area contributed by atoms with Gasteiger partial charge in [-0.2, -0.15) is 0 Å². The average molecular weight is 293 g/mol. The van der Waals surface area contributed by atoms with E-state index in [-0.39, 0.29) is 23.7 Å². The number of cyclic esters (lactones) is 1. The molecule has 2 saturated heterocycles. The summed E-state index contributed by atoms with van der Waals surface area (Å²) in [4.78, 5) is 13.7. The molecule has 5 heteroatoms. The van der Waals surface area contributed by atoms with Crippen LogP contribution < -0.4 is 0 Å². The van der Waals surface area contributed by atoms with Gasteiger partial charge in [-0.3, -0.25) is 9.69 Å². The van der Waals surface area contributed by atoms with Crippen LogP contribution in [0.15, 0.2) is 24.3 Å². The highest BCUT2D eigenvalue weighted by molar-refractivity contribution is 5.77. The number of aliphatic hydroxyl groups excluding tert-OH is 1. The van der Waals surface area contributed by atoms with Crippen molar-refractivity contribution in [3.63, 3.8) is 0 Å². The van der Waals surface area contributed by atoms with Gasteiger partial charge < -0.3 is 9.84 Å². The molecule has 2 aliphatic rings. The number of hydrogen-bond acceptors (Lipinski definition) is 4. The molecule has 3 rings (SSSR count). The number of esters is 1. The number of benzene rings is 1. The smallest absolute Gasteiger partial charge is 0.323 e. The third-order valence-electron chi connectivity index (χ3n) is 4.58. The first kappa shape index (κ1) is 14.5. The number of halogens is 1. The van der Waals surface area contributed by atoms with Gasteiger partial charge in [-0.1, -0.05) is 12.1 Å². The maximum Gasteiger partial charge on any atom is 0.323 e. The molecule has 0 radical (unpaired) electrons. The number of carbonyl (C=O) groups is 1. The van der Waals surface area contributed by atoms with Crippen LogP contribution in [0.2, 0.25) is 0 Å². The molecular weight excluding hydrogens is 273 g/mol. The maximum atomic E-state index is 12.9. The van der Waals surface area contributed by atoms with Crippen LogP contribution in [0, 0.1) is 11.7 Å². The molecule has 1 aromatic rings. The van der Waals surface area contributed by atoms with Gasteiger partial charge >= 0.3 is 5.97 Å². The van der Waals surface area contributed by atoms with Crippen molar-refractivity contribution in [2.24, 2.45) is 5.92 Å². The number of ether oxygens (including phenoxy) is 1. The second-order valence-corrected chi connectivity index (χ2v) is 5.84. The van der Waals surface area contributed by atoms with Crippen molar-refractivity contribution in [3.05, 3.63) is 35.6 Å². The van der Waals surface area contributed by atoms with Crippen molar-refractivity contribution in [2.75, 3.05) is 19.7 Å². The minimum Gasteiger partial charge on any atom is -0.464 e. The summed E-state index contributed by atoms with van der Waals surface area (Å²) in [5, 5.41) is 10.4. The molecule has 2 fully saturated rings. The van der Waals surface area contributed by atoms with Crippen LogP contribution in [-0.4, -0.2) is 41.7 Å². The Morgan fingerprint density at radius 2 is 1.86 bits per heavy atom. The molecule has 2 heterocycles. The molecule has 4 nitrogen and oxygen atoms in total. The molecule has 0 amide bonds. The monoisotopic (exact) mass is 293 g/mol. The van der Waals surface area contributed by atoms with Gasteiger partial charge in [0, 0.05) is 6.42 Å². The van der Waals surface area contributed by atoms with E-state index in [9.17, 15) is 14.3 Å². The molecule has 1 N–H and O–H groups in total. The highest BCUT2D eigenvalue weighted by Crippen LogP contribution is 2.32. The fourth-order valence-corrected chi connectivity index (χ4v) is 3.30. The Balaban J connectivity index is 1.57. The average Bonchev–Trinajstić information content (AvgIpc) is 2.94. The van der Waals surface area contributed by atoms with Gasteiger partial charge in [0.05, 0.1) is 12.7 Å². The highest BCUT2D eigenvalue weighted by atomic mass is 19.1. The van der Waals surface area contributed by atoms with E-state index in [0.717, 1.165) is 37.9 Å². The zero-order chi connectivity index (χ0) is 14.8. The topological polar surface area (TPSA) is 49.8 Å². The van der Waals surface area contributed by atoms with E-state index in [1.54, 1.807) is 12.1 Å². The second-order valence-electron chi connectivity index (χ2n) is 5.84. The van der Waals surface area contributed by atoms with Crippen LogP contribution in [0.3, 0.4) is 0 Å². The minimum atomic E-state index is -0.566. The van der Waals surface area contributed by atoms with Crippen molar-refractivity contribution < 1.29 is 19.0 Å². The Morgan fingerprint density at radius 3 is 2.43 bits per heavy atom. The number of hydrogen-bond donors (Lipinski definition) is 1. The second kappa shape index (κ2) is 6.12. The fourth-order valence-electron chi connectivity index (χ4n) is 3.30. The Bertz CT molecular complexity index is 497. The molecule has 2 atom stereocenters. The molecule has 21 heavy (non-hydrogen) atoms. The Labute approximate surface area is 123 Å². The van der Waals surface area contributed by atoms with Crippen LogP contribution in [0.1, 0.15) is 30.9 Å². The molecule has 0 aliphatic carbocycles. The summed E-state index contributed by atoms with van der Waals surface area (Å²) in [6.07, 6.45) is 1.87. The summed E-state index contributed by atoms with van der Waals surface area (Å²) in [6, 6.07) is 5.93. The predicted octanol–water partition coefficient (Wildman–Crippen LogP) is 1.89. The lowest BCUT2D eigenvalue weighted by molar-refractivity contribution is -0.142. The zero-order valence-corrected chi connectivity index (χ0v) is 11.9. The molecule has 2 unspecified atom stereocenters. The first-order chi connectivity index (χ1) is 10.1. The maximum absolute atomic E-state index is 12.9. The van der Waals surface area contributed by atoms with E-state index in [4.69, 9.17) is 4.74 Å². The van der Waals surface area contributed by atoms with Crippen molar-refractivity contribution in [1.29, 1.82) is 0 Å². The molecule has 2 aliphatic heterocycles. The standard InChI is InChI=1S/C16H20FNO3/c17-13-3-1-11(2-4-13)15(19)12-5-8-18(9-6-12)14-7-10-21-16(14)20/h1-4,12,14-15,19H,5-10H2. The first-order valence-electron chi connectivity index (χ1n) is 7.49. The Hall–Kier alpha value is -1.46. The third-order valence-corrected chi connectivity index (χ3v) is 4.58. The van der Waals surface area contributed by atoms with Crippen LogP contribution in [-0.2, 0) is 9.53 Å². The number of aliphatic hydroxyl groups is 1. The number of rotatable bonds is 3. The molecule has 1 aromatic carbocycles. The van der Waals surface area contributed by atoms with Crippen molar-refractivity contribution in [3.8, 4) is 0 Å². The van der Waals surface area contributed by atoms with E-state index in [0.29, 0.717) is 6.61 Å². The lowest BCUT2D eigenvalue weighted by Crippen LogP contribution is -2.44. The van der Waals surface area contributed by atoms with Gasteiger partial charge in [0.25, 0.3) is 0 Å². The van der Waals surface area contributed by atoms with Crippen LogP contribution in [0.25, 0.3) is 0 Å². The van der Waals surface area contributed by atoms with Crippen molar-refractivity contribution >= 4 is 5.97 Å². The summed E-state index contributed by atoms with van der Waals surface area (Å²) < 4.78 is 17.9. The third kappa shape index (κ3) is 3.09. The Kier molecular flexibility index (Phi) is 4.22. The minimum absolute atomic E-state index is 0.103. The summed E-state index contributed by atoms with van der Waals surface area (Å²) >= 11 is 0. The van der Waals surface area contributed by atoms with Crippen LogP contribution in [0.5, 0.6) is 0 Å². The summed E-state index contributed by atoms with van der Waals surface area (Å²) in [7, 11) is 0. The molecule has 0 saturated carbocycles. The van der Waals surface area contributed by atoms with E-state index < -0.39 is 6.10 Å². The Morgan fingerprint density at radius 1 is 1.19 bits per heavy atom. The van der Waals surface area contributed by atoms with Crippen LogP contribution in [0.4, 0.5) is 4.39 Å². The number of carbonyl (C=O) groups excluding carboxylic acids is 1. The summed E-state index contributed by atoms with van der Waals surface area (Å²) in [6.45, 7) is 2.10. The van der Waals surface area contributed by atoms with Gasteiger partial charge in [-0.05, 0) is 49.5 Å². The van der Waals surface area contributed by atoms with Gasteiger partial charge in [-0.15, -0.1) is 0 Å². The summed E-state index contributed by atoms with van der Waals surface area (Å²) in [5.41, 5.74) is 0.759. The van der Waals surface area contributed by atoms with Crippen LogP contribution >= 0.6 is 0 Å². The number of likely N-dealkylation sites (tertiary alicyclic amines) is 1.